The number of piperidine rings is 1. The van der Waals surface area contributed by atoms with Gasteiger partial charge in [0.2, 0.25) is 15.9 Å². The fraction of sp³-hybridized carbons (Fsp3) is 0.517. The third kappa shape index (κ3) is 8.92. The van der Waals surface area contributed by atoms with E-state index in [1.165, 1.54) is 11.4 Å². The number of likely N-dealkylation sites (tertiary alicyclic amines) is 1. The average Bonchev–Trinajstić information content (AvgIpc) is 2.92. The first-order valence-electron chi connectivity index (χ1n) is 13.7. The van der Waals surface area contributed by atoms with Gasteiger partial charge in [-0.15, -0.1) is 0 Å². The highest BCUT2D eigenvalue weighted by Gasteiger charge is 2.32. The molecule has 3 rings (SSSR count). The second kappa shape index (κ2) is 14.8. The van der Waals surface area contributed by atoms with E-state index in [0.717, 1.165) is 22.4 Å². The Morgan fingerprint density at radius 3 is 2.35 bits per heavy atom. The summed E-state index contributed by atoms with van der Waals surface area (Å²) in [5.41, 5.74) is 3.91. The Labute approximate surface area is 243 Å². The number of hydrogen-bond acceptors (Lipinski definition) is 5. The maximum absolute atomic E-state index is 13.7. The van der Waals surface area contributed by atoms with Gasteiger partial charge >= 0.3 is 6.03 Å². The number of amides is 3. The molecule has 0 unspecified atom stereocenters. The third-order valence-electron chi connectivity index (χ3n) is 7.25. The largest absolute Gasteiger partial charge is 0.383 e. The molecule has 11 heteroatoms. The molecule has 9 nitrogen and oxygen atoms in total. The number of rotatable bonds is 12. The van der Waals surface area contributed by atoms with E-state index in [1.54, 1.807) is 28.9 Å². The number of carbonyl (C=O) groups is 2. The van der Waals surface area contributed by atoms with Crippen LogP contribution in [0, 0.1) is 13.8 Å². The number of halogens is 1. The van der Waals surface area contributed by atoms with Gasteiger partial charge in [-0.25, -0.2) is 13.2 Å². The van der Waals surface area contributed by atoms with Gasteiger partial charge in [-0.3, -0.25) is 4.79 Å². The van der Waals surface area contributed by atoms with Crippen molar-refractivity contribution in [3.05, 3.63) is 64.2 Å². The van der Waals surface area contributed by atoms with Crippen molar-refractivity contribution in [3.8, 4) is 0 Å². The van der Waals surface area contributed by atoms with Crippen LogP contribution in [-0.2, 0) is 26.1 Å². The molecule has 0 saturated carbocycles. The lowest BCUT2D eigenvalue weighted by Crippen LogP contribution is -2.52. The normalized spacial score (nSPS) is 14.4. The highest BCUT2D eigenvalue weighted by molar-refractivity contribution is 7.89. The quantitative estimate of drug-likeness (QED) is 0.386. The zero-order chi connectivity index (χ0) is 29.3. The zero-order valence-corrected chi connectivity index (χ0v) is 25.4. The first-order chi connectivity index (χ1) is 19.0. The molecule has 1 heterocycles. The van der Waals surface area contributed by atoms with Crippen LogP contribution in [0.1, 0.15) is 42.9 Å². The molecule has 3 amide bonds. The van der Waals surface area contributed by atoms with Crippen LogP contribution in [0.25, 0.3) is 0 Å². The summed E-state index contributed by atoms with van der Waals surface area (Å²) in [4.78, 5) is 30.2. The standard InChI is InChI=1S/C29H41ClN4O5S/c1-5-18-40(37,38)33(16-17-39-4)21-28(35)34(20-24-7-9-25(30)10-8-24)27-12-14-32(15-13-27)29(36)31-26-11-6-22(2)23(3)19-26/h6-11,19,27H,5,12-18,20-21H2,1-4H3,(H,31,36). The van der Waals surface area contributed by atoms with Gasteiger partial charge in [0.05, 0.1) is 18.9 Å². The van der Waals surface area contributed by atoms with Crippen LogP contribution < -0.4 is 5.32 Å². The Balaban J connectivity index is 1.73. The summed E-state index contributed by atoms with van der Waals surface area (Å²) in [6, 6.07) is 12.8. The van der Waals surface area contributed by atoms with Crippen LogP contribution in [-0.4, -0.2) is 86.2 Å². The summed E-state index contributed by atoms with van der Waals surface area (Å²) in [7, 11) is -2.11. The molecule has 220 valence electrons. The van der Waals surface area contributed by atoms with Crippen molar-refractivity contribution >= 4 is 39.2 Å². The number of nitrogens with one attached hydrogen (secondary N) is 1. The lowest BCUT2D eigenvalue weighted by atomic mass is 10.0. The molecule has 2 aromatic carbocycles. The van der Waals surface area contributed by atoms with Crippen molar-refractivity contribution in [2.24, 2.45) is 0 Å². The zero-order valence-electron chi connectivity index (χ0n) is 23.9. The molecular weight excluding hydrogens is 552 g/mol. The minimum Gasteiger partial charge on any atom is -0.383 e. The van der Waals surface area contributed by atoms with E-state index in [1.807, 2.05) is 44.2 Å². The van der Waals surface area contributed by atoms with Gasteiger partial charge in [-0.2, -0.15) is 4.31 Å². The minimum atomic E-state index is -3.61. The van der Waals surface area contributed by atoms with Crippen molar-refractivity contribution in [1.29, 1.82) is 0 Å². The monoisotopic (exact) mass is 592 g/mol. The molecule has 0 aromatic heterocycles. The third-order valence-corrected chi connectivity index (χ3v) is 9.52. The predicted octanol–water partition coefficient (Wildman–Crippen LogP) is 4.67. The molecule has 0 bridgehead atoms. The number of benzene rings is 2. The van der Waals surface area contributed by atoms with E-state index in [9.17, 15) is 18.0 Å². The van der Waals surface area contributed by atoms with Gasteiger partial charge in [0.25, 0.3) is 0 Å². The lowest BCUT2D eigenvalue weighted by molar-refractivity contribution is -0.135. The SMILES string of the molecule is CCCS(=O)(=O)N(CCOC)CC(=O)N(Cc1ccc(Cl)cc1)C1CCN(C(=O)Nc2ccc(C)c(C)c2)CC1. The molecule has 40 heavy (non-hydrogen) atoms. The summed E-state index contributed by atoms with van der Waals surface area (Å²) in [5, 5.41) is 3.57. The Bertz CT molecular complexity index is 1250. The van der Waals surface area contributed by atoms with Crippen LogP contribution in [0.5, 0.6) is 0 Å². The fourth-order valence-electron chi connectivity index (χ4n) is 4.75. The minimum absolute atomic E-state index is 0.0326. The van der Waals surface area contributed by atoms with E-state index >= 15 is 0 Å². The molecule has 1 N–H and O–H groups in total. The number of aryl methyl sites for hydroxylation is 2. The molecule has 0 spiro atoms. The maximum Gasteiger partial charge on any atom is 0.321 e. The number of carbonyl (C=O) groups excluding carboxylic acids is 2. The molecular formula is C29H41ClN4O5S. The molecule has 1 aliphatic rings. The van der Waals surface area contributed by atoms with Crippen molar-refractivity contribution in [1.82, 2.24) is 14.1 Å². The number of ether oxygens (including phenoxy) is 1. The first-order valence-corrected chi connectivity index (χ1v) is 15.7. The molecule has 0 radical (unpaired) electrons. The molecule has 0 atom stereocenters. The first kappa shape index (κ1) is 31.9. The van der Waals surface area contributed by atoms with Crippen molar-refractivity contribution in [3.63, 3.8) is 0 Å². The second-order valence-corrected chi connectivity index (χ2v) is 12.8. The van der Waals surface area contributed by atoms with E-state index in [4.69, 9.17) is 16.3 Å². The molecule has 0 aliphatic carbocycles. The topological polar surface area (TPSA) is 99.3 Å². The highest BCUT2D eigenvalue weighted by atomic mass is 35.5. The lowest BCUT2D eigenvalue weighted by Gasteiger charge is -2.39. The van der Waals surface area contributed by atoms with Crippen molar-refractivity contribution in [2.75, 3.05) is 51.0 Å². The summed E-state index contributed by atoms with van der Waals surface area (Å²) >= 11 is 6.07. The van der Waals surface area contributed by atoms with Gasteiger partial charge in [-0.05, 0) is 74.1 Å². The average molecular weight is 593 g/mol. The van der Waals surface area contributed by atoms with Gasteiger partial charge in [0.15, 0.2) is 0 Å². The Kier molecular flexibility index (Phi) is 11.8. The van der Waals surface area contributed by atoms with Gasteiger partial charge < -0.3 is 19.9 Å². The summed E-state index contributed by atoms with van der Waals surface area (Å²) < 4.78 is 32.2. The van der Waals surface area contributed by atoms with E-state index in [2.05, 4.69) is 5.32 Å². The van der Waals surface area contributed by atoms with Crippen LogP contribution in [0.4, 0.5) is 10.5 Å². The van der Waals surface area contributed by atoms with E-state index < -0.39 is 10.0 Å². The van der Waals surface area contributed by atoms with Crippen LogP contribution in [0.15, 0.2) is 42.5 Å². The Morgan fingerprint density at radius 1 is 1.07 bits per heavy atom. The Hall–Kier alpha value is -2.66. The number of anilines is 1. The number of hydrogen-bond donors (Lipinski definition) is 1. The number of methoxy groups -OCH3 is 1. The summed E-state index contributed by atoms with van der Waals surface area (Å²) in [6.45, 7) is 7.16. The second-order valence-electron chi connectivity index (χ2n) is 10.2. The molecule has 2 aromatic rings. The molecule has 1 aliphatic heterocycles. The van der Waals surface area contributed by atoms with Gasteiger partial charge in [0, 0.05) is 50.0 Å². The van der Waals surface area contributed by atoms with Crippen LogP contribution >= 0.6 is 11.6 Å². The van der Waals surface area contributed by atoms with Gasteiger partial charge in [-0.1, -0.05) is 36.7 Å². The number of sulfonamides is 1. The smallest absolute Gasteiger partial charge is 0.321 e. The van der Waals surface area contributed by atoms with E-state index in [0.29, 0.717) is 43.9 Å². The van der Waals surface area contributed by atoms with Crippen LogP contribution in [0.3, 0.4) is 0 Å². The van der Waals surface area contributed by atoms with Crippen molar-refractivity contribution < 1.29 is 22.7 Å². The van der Waals surface area contributed by atoms with E-state index in [-0.39, 0.29) is 43.4 Å². The predicted molar refractivity (Wildman–Crippen MR) is 159 cm³/mol. The molecule has 1 fully saturated rings. The maximum atomic E-state index is 13.7. The summed E-state index contributed by atoms with van der Waals surface area (Å²) in [5.74, 6) is -0.307. The van der Waals surface area contributed by atoms with Crippen molar-refractivity contribution in [2.45, 2.75) is 52.6 Å². The number of urea groups is 1. The highest BCUT2D eigenvalue weighted by Crippen LogP contribution is 2.22. The number of nitrogens with zero attached hydrogens (tertiary/aromatic N) is 3. The van der Waals surface area contributed by atoms with Crippen LogP contribution in [0.2, 0.25) is 5.02 Å². The Morgan fingerprint density at radius 2 is 1.75 bits per heavy atom. The summed E-state index contributed by atoms with van der Waals surface area (Å²) in [6.07, 6.45) is 1.62. The van der Waals surface area contributed by atoms with Gasteiger partial charge in [0.1, 0.15) is 0 Å². The fourth-order valence-corrected chi connectivity index (χ4v) is 6.31. The molecule has 1 saturated heterocycles.